The van der Waals surface area contributed by atoms with Crippen LogP contribution in [0.2, 0.25) is 0 Å². The Hall–Kier alpha value is -2.18. The summed E-state index contributed by atoms with van der Waals surface area (Å²) in [5, 5.41) is 8.87. The quantitative estimate of drug-likeness (QED) is 0.875. The lowest BCUT2D eigenvalue weighted by Crippen LogP contribution is -2.46. The number of furan rings is 1. The summed E-state index contributed by atoms with van der Waals surface area (Å²) < 4.78 is 5.32. The third kappa shape index (κ3) is 4.40. The summed E-state index contributed by atoms with van der Waals surface area (Å²) in [6.07, 6.45) is 2.81. The van der Waals surface area contributed by atoms with Crippen molar-refractivity contribution in [1.82, 2.24) is 14.8 Å². The molecule has 2 aromatic rings. The molecule has 1 aliphatic rings. The molecule has 3 heterocycles. The predicted octanol–water partition coefficient (Wildman–Crippen LogP) is 1.73. The summed E-state index contributed by atoms with van der Waals surface area (Å²) in [5.41, 5.74) is 1.13. The maximum atomic E-state index is 10.8. The van der Waals surface area contributed by atoms with Crippen molar-refractivity contribution in [3.63, 3.8) is 0 Å². The Morgan fingerprint density at radius 2 is 1.91 bits per heavy atom. The molecular formula is C17H21N3O3. The van der Waals surface area contributed by atoms with Crippen molar-refractivity contribution in [3.8, 4) is 0 Å². The van der Waals surface area contributed by atoms with Gasteiger partial charge < -0.3 is 14.4 Å². The van der Waals surface area contributed by atoms with Crippen molar-refractivity contribution in [2.45, 2.75) is 13.0 Å². The molecule has 1 aliphatic heterocycles. The van der Waals surface area contributed by atoms with Crippen LogP contribution in [0.25, 0.3) is 0 Å². The highest BCUT2D eigenvalue weighted by atomic mass is 16.4. The number of pyridine rings is 1. The van der Waals surface area contributed by atoms with Gasteiger partial charge in [-0.3, -0.25) is 9.88 Å². The monoisotopic (exact) mass is 315 g/mol. The predicted molar refractivity (Wildman–Crippen MR) is 85.3 cm³/mol. The number of nitrogens with zero attached hydrogens (tertiary/aromatic N) is 3. The third-order valence-corrected chi connectivity index (χ3v) is 4.13. The van der Waals surface area contributed by atoms with E-state index in [9.17, 15) is 4.79 Å². The molecule has 0 saturated carbocycles. The van der Waals surface area contributed by atoms with Crippen molar-refractivity contribution >= 4 is 5.97 Å². The number of aromatic nitrogens is 1. The van der Waals surface area contributed by atoms with Gasteiger partial charge in [0.15, 0.2) is 0 Å². The molecule has 0 bridgehead atoms. The fourth-order valence-electron chi connectivity index (χ4n) is 2.79. The number of hydrogen-bond acceptors (Lipinski definition) is 5. The number of piperazine rings is 1. The fourth-order valence-corrected chi connectivity index (χ4v) is 2.79. The van der Waals surface area contributed by atoms with Crippen molar-refractivity contribution in [2.24, 2.45) is 0 Å². The van der Waals surface area contributed by atoms with E-state index >= 15 is 0 Å². The van der Waals surface area contributed by atoms with Crippen LogP contribution in [0.4, 0.5) is 0 Å². The first kappa shape index (κ1) is 15.7. The zero-order valence-corrected chi connectivity index (χ0v) is 13.0. The minimum atomic E-state index is -1.02. The molecule has 2 aromatic heterocycles. The number of carboxylic acids is 1. The van der Waals surface area contributed by atoms with Crippen molar-refractivity contribution in [1.29, 1.82) is 0 Å². The van der Waals surface area contributed by atoms with E-state index in [1.165, 1.54) is 6.07 Å². The summed E-state index contributed by atoms with van der Waals surface area (Å²) in [4.78, 5) is 19.9. The molecule has 0 radical (unpaired) electrons. The van der Waals surface area contributed by atoms with Crippen molar-refractivity contribution in [2.75, 3.05) is 32.7 Å². The van der Waals surface area contributed by atoms with E-state index in [2.05, 4.69) is 20.9 Å². The van der Waals surface area contributed by atoms with Gasteiger partial charge in [-0.25, -0.2) is 4.79 Å². The van der Waals surface area contributed by atoms with Crippen LogP contribution in [0.3, 0.4) is 0 Å². The topological polar surface area (TPSA) is 69.8 Å². The minimum absolute atomic E-state index is 0.00833. The second-order valence-corrected chi connectivity index (χ2v) is 5.76. The second-order valence-electron chi connectivity index (χ2n) is 5.76. The van der Waals surface area contributed by atoms with Crippen LogP contribution in [-0.2, 0) is 13.0 Å². The van der Waals surface area contributed by atoms with E-state index < -0.39 is 5.97 Å². The van der Waals surface area contributed by atoms with Crippen LogP contribution in [0.5, 0.6) is 0 Å². The van der Waals surface area contributed by atoms with Gasteiger partial charge in [0.2, 0.25) is 5.76 Å². The first-order chi connectivity index (χ1) is 11.2. The standard InChI is InChI=1S/C17H21N3O3/c21-17(22)16-5-4-15(23-16)13-20-11-9-19(10-12-20)8-6-14-3-1-2-7-18-14/h1-5,7H,6,8-13H2,(H,21,22). The Labute approximate surface area is 135 Å². The SMILES string of the molecule is O=C(O)c1ccc(CN2CCN(CCc3ccccn3)CC2)o1. The van der Waals surface area contributed by atoms with E-state index in [0.717, 1.165) is 44.8 Å². The maximum absolute atomic E-state index is 10.8. The molecule has 1 N–H and O–H groups in total. The molecular weight excluding hydrogens is 294 g/mol. The second kappa shape index (κ2) is 7.39. The van der Waals surface area contributed by atoms with Gasteiger partial charge in [0.1, 0.15) is 5.76 Å². The largest absolute Gasteiger partial charge is 0.475 e. The molecule has 23 heavy (non-hydrogen) atoms. The first-order valence-electron chi connectivity index (χ1n) is 7.87. The highest BCUT2D eigenvalue weighted by Crippen LogP contribution is 2.12. The Kier molecular flexibility index (Phi) is 5.05. The minimum Gasteiger partial charge on any atom is -0.475 e. The summed E-state index contributed by atoms with van der Waals surface area (Å²) in [6.45, 7) is 5.64. The first-order valence-corrected chi connectivity index (χ1v) is 7.87. The number of hydrogen-bond donors (Lipinski definition) is 1. The van der Waals surface area contributed by atoms with E-state index in [1.54, 1.807) is 6.07 Å². The van der Waals surface area contributed by atoms with Gasteiger partial charge in [0, 0.05) is 51.0 Å². The molecule has 0 atom stereocenters. The van der Waals surface area contributed by atoms with E-state index in [4.69, 9.17) is 9.52 Å². The van der Waals surface area contributed by atoms with Crippen LogP contribution >= 0.6 is 0 Å². The molecule has 0 spiro atoms. The molecule has 0 amide bonds. The van der Waals surface area contributed by atoms with Crippen LogP contribution < -0.4 is 0 Å². The molecule has 1 saturated heterocycles. The van der Waals surface area contributed by atoms with Gasteiger partial charge >= 0.3 is 5.97 Å². The van der Waals surface area contributed by atoms with E-state index in [0.29, 0.717) is 12.3 Å². The zero-order chi connectivity index (χ0) is 16.1. The van der Waals surface area contributed by atoms with Crippen LogP contribution in [0.1, 0.15) is 22.0 Å². The average molecular weight is 315 g/mol. The summed E-state index contributed by atoms with van der Waals surface area (Å²) in [6, 6.07) is 9.28. The molecule has 0 aromatic carbocycles. The van der Waals surface area contributed by atoms with Crippen molar-refractivity contribution < 1.29 is 14.3 Å². The van der Waals surface area contributed by atoms with Crippen LogP contribution in [0, 0.1) is 0 Å². The van der Waals surface area contributed by atoms with Gasteiger partial charge in [-0.05, 0) is 24.3 Å². The Balaban J connectivity index is 1.42. The van der Waals surface area contributed by atoms with Gasteiger partial charge in [0.25, 0.3) is 0 Å². The average Bonchev–Trinajstić information content (AvgIpc) is 3.04. The lowest BCUT2D eigenvalue weighted by atomic mass is 10.2. The van der Waals surface area contributed by atoms with Gasteiger partial charge in [0.05, 0.1) is 6.54 Å². The summed E-state index contributed by atoms with van der Waals surface area (Å²) in [5.74, 6) is -0.297. The molecule has 3 rings (SSSR count). The van der Waals surface area contributed by atoms with Crippen molar-refractivity contribution in [3.05, 3.63) is 53.7 Å². The Morgan fingerprint density at radius 3 is 2.57 bits per heavy atom. The smallest absolute Gasteiger partial charge is 0.371 e. The molecule has 0 unspecified atom stereocenters. The van der Waals surface area contributed by atoms with Gasteiger partial charge in [-0.15, -0.1) is 0 Å². The molecule has 6 heteroatoms. The maximum Gasteiger partial charge on any atom is 0.371 e. The van der Waals surface area contributed by atoms with Crippen LogP contribution in [0.15, 0.2) is 40.9 Å². The highest BCUT2D eigenvalue weighted by Gasteiger charge is 2.18. The normalized spacial score (nSPS) is 16.5. The van der Waals surface area contributed by atoms with Crippen LogP contribution in [-0.4, -0.2) is 58.6 Å². The summed E-state index contributed by atoms with van der Waals surface area (Å²) >= 11 is 0. The van der Waals surface area contributed by atoms with E-state index in [1.807, 2.05) is 18.3 Å². The van der Waals surface area contributed by atoms with Gasteiger partial charge in [-0.1, -0.05) is 6.07 Å². The third-order valence-electron chi connectivity index (χ3n) is 4.13. The number of carboxylic acid groups (broad SMARTS) is 1. The Morgan fingerprint density at radius 1 is 1.13 bits per heavy atom. The van der Waals surface area contributed by atoms with Gasteiger partial charge in [-0.2, -0.15) is 0 Å². The number of aromatic carboxylic acids is 1. The lowest BCUT2D eigenvalue weighted by Gasteiger charge is -2.34. The Bertz CT molecular complexity index is 634. The number of carbonyl (C=O) groups is 1. The molecule has 122 valence electrons. The molecule has 1 fully saturated rings. The number of rotatable bonds is 6. The fraction of sp³-hybridized carbons (Fsp3) is 0.412. The molecule has 0 aliphatic carbocycles. The molecule has 6 nitrogen and oxygen atoms in total. The summed E-state index contributed by atoms with van der Waals surface area (Å²) in [7, 11) is 0. The lowest BCUT2D eigenvalue weighted by molar-refractivity contribution is 0.0655. The highest BCUT2D eigenvalue weighted by molar-refractivity contribution is 5.84. The van der Waals surface area contributed by atoms with E-state index in [-0.39, 0.29) is 5.76 Å². The zero-order valence-electron chi connectivity index (χ0n) is 13.0.